The van der Waals surface area contributed by atoms with E-state index in [0.717, 1.165) is 101 Å². The number of carbonyl (C=O) groups excluding carboxylic acids is 3. The summed E-state index contributed by atoms with van der Waals surface area (Å²) < 4.78 is 17.1. The van der Waals surface area contributed by atoms with Crippen LogP contribution in [0.2, 0.25) is 0 Å². The summed E-state index contributed by atoms with van der Waals surface area (Å²) in [6, 6.07) is 0. The molecule has 2 aliphatic rings. The molecule has 0 heterocycles. The summed E-state index contributed by atoms with van der Waals surface area (Å²) >= 11 is 0. The Hall–Kier alpha value is -1.63. The first-order valence-corrected chi connectivity index (χ1v) is 25.4. The molecule has 2 saturated carbocycles. The molecule has 58 heavy (non-hydrogen) atoms. The number of unbranched alkanes of at least 4 members (excludes halogenated alkanes) is 12. The lowest BCUT2D eigenvalue weighted by Crippen LogP contribution is -2.20. The van der Waals surface area contributed by atoms with Crippen molar-refractivity contribution in [2.75, 3.05) is 33.9 Å². The summed E-state index contributed by atoms with van der Waals surface area (Å²) in [7, 11) is 4.08. The Kier molecular flexibility index (Phi) is 32.6. The number of hydrogen-bond donors (Lipinski definition) is 0. The second kappa shape index (κ2) is 36.1. The minimum Gasteiger partial charge on any atom is -0.466 e. The second-order valence-corrected chi connectivity index (χ2v) is 19.1. The summed E-state index contributed by atoms with van der Waals surface area (Å²) in [6.07, 6.45) is 41.1. The third-order valence-corrected chi connectivity index (χ3v) is 13.5. The van der Waals surface area contributed by atoms with Crippen molar-refractivity contribution in [2.45, 2.75) is 251 Å². The predicted octanol–water partition coefficient (Wildman–Crippen LogP) is 14.1. The third kappa shape index (κ3) is 29.6. The molecule has 0 saturated heterocycles. The zero-order chi connectivity index (χ0) is 41.9. The van der Waals surface area contributed by atoms with E-state index in [1.807, 2.05) is 14.1 Å². The van der Waals surface area contributed by atoms with Crippen LogP contribution < -0.4 is 0 Å². The summed E-state index contributed by atoms with van der Waals surface area (Å²) in [6.45, 7) is 6.70. The van der Waals surface area contributed by atoms with Crippen LogP contribution >= 0.6 is 0 Å². The summed E-state index contributed by atoms with van der Waals surface area (Å²) in [5, 5.41) is 0. The lowest BCUT2D eigenvalue weighted by Gasteiger charge is -2.28. The zero-order valence-electron chi connectivity index (χ0n) is 38.9. The minimum absolute atomic E-state index is 0.0156. The standard InChI is InChI=1S/C51H95NO6/c1-5-24-44-33-37-46(38-34-44)26-22-42-56-49(53)30-19-15-11-7-9-13-17-28-48(58-51(55)32-21-41-52(3)4)29-18-14-10-8-12-16-20-31-50(54)57-43-23-27-47-39-35-45(25-6-2)36-40-47/h44-48H,5-43H2,1-4H3. The van der Waals surface area contributed by atoms with Crippen LogP contribution in [0.15, 0.2) is 0 Å². The normalized spacial score (nSPS) is 20.2. The van der Waals surface area contributed by atoms with E-state index in [4.69, 9.17) is 14.2 Å². The van der Waals surface area contributed by atoms with Crippen LogP contribution in [0.4, 0.5) is 0 Å². The Morgan fingerprint density at radius 1 is 0.448 bits per heavy atom. The topological polar surface area (TPSA) is 82.1 Å². The maximum Gasteiger partial charge on any atom is 0.306 e. The third-order valence-electron chi connectivity index (χ3n) is 13.5. The quantitative estimate of drug-likeness (QED) is 0.0351. The van der Waals surface area contributed by atoms with E-state index in [1.54, 1.807) is 0 Å². The van der Waals surface area contributed by atoms with Gasteiger partial charge in [0.25, 0.3) is 0 Å². The number of rotatable bonds is 37. The molecule has 0 bridgehead atoms. The Morgan fingerprint density at radius 2 is 0.793 bits per heavy atom. The molecule has 7 nitrogen and oxygen atoms in total. The fraction of sp³-hybridized carbons (Fsp3) is 0.941. The SMILES string of the molecule is CCCC1CCC(CCCOC(=O)CCCCCCCCCC(CCCCCCCCCC(=O)OCCCC2CCC(CCC)CC2)OC(=O)CCCN(C)C)CC1. The van der Waals surface area contributed by atoms with Crippen molar-refractivity contribution in [1.29, 1.82) is 0 Å². The van der Waals surface area contributed by atoms with E-state index in [0.29, 0.717) is 32.5 Å². The van der Waals surface area contributed by atoms with Gasteiger partial charge in [0.15, 0.2) is 0 Å². The molecule has 0 aliphatic heterocycles. The highest BCUT2D eigenvalue weighted by atomic mass is 16.5. The monoisotopic (exact) mass is 818 g/mol. The minimum atomic E-state index is -0.0432. The largest absolute Gasteiger partial charge is 0.466 e. The van der Waals surface area contributed by atoms with Crippen LogP contribution in [0.5, 0.6) is 0 Å². The summed E-state index contributed by atoms with van der Waals surface area (Å²) in [5.74, 6) is 3.53. The van der Waals surface area contributed by atoms with Gasteiger partial charge >= 0.3 is 17.9 Å². The van der Waals surface area contributed by atoms with Crippen molar-refractivity contribution in [3.8, 4) is 0 Å². The van der Waals surface area contributed by atoms with Gasteiger partial charge in [0.2, 0.25) is 0 Å². The highest BCUT2D eigenvalue weighted by molar-refractivity contribution is 5.70. The van der Waals surface area contributed by atoms with Crippen molar-refractivity contribution in [1.82, 2.24) is 4.90 Å². The van der Waals surface area contributed by atoms with Gasteiger partial charge in [0.05, 0.1) is 13.2 Å². The Balaban J connectivity index is 1.44. The van der Waals surface area contributed by atoms with E-state index >= 15 is 0 Å². The maximum atomic E-state index is 12.6. The molecule has 0 radical (unpaired) electrons. The highest BCUT2D eigenvalue weighted by Crippen LogP contribution is 2.35. The molecule has 7 heteroatoms. The fourth-order valence-electron chi connectivity index (χ4n) is 9.79. The zero-order valence-corrected chi connectivity index (χ0v) is 38.9. The molecule has 0 N–H and O–H groups in total. The lowest BCUT2D eigenvalue weighted by molar-refractivity contribution is -0.150. The molecule has 2 rings (SSSR count). The first kappa shape index (κ1) is 52.5. The Labute approximate surface area is 359 Å². The van der Waals surface area contributed by atoms with Gasteiger partial charge in [0.1, 0.15) is 6.10 Å². The van der Waals surface area contributed by atoms with Crippen LogP contribution in [-0.4, -0.2) is 62.8 Å². The predicted molar refractivity (Wildman–Crippen MR) is 242 cm³/mol. The van der Waals surface area contributed by atoms with Crippen LogP contribution in [0, 0.1) is 23.7 Å². The van der Waals surface area contributed by atoms with Crippen molar-refractivity contribution >= 4 is 17.9 Å². The van der Waals surface area contributed by atoms with Crippen LogP contribution in [0.25, 0.3) is 0 Å². The first-order valence-electron chi connectivity index (χ1n) is 25.4. The molecule has 0 amide bonds. The van der Waals surface area contributed by atoms with Gasteiger partial charge < -0.3 is 19.1 Å². The van der Waals surface area contributed by atoms with Gasteiger partial charge in [-0.25, -0.2) is 0 Å². The van der Waals surface area contributed by atoms with Crippen molar-refractivity contribution in [2.24, 2.45) is 23.7 Å². The van der Waals surface area contributed by atoms with Gasteiger partial charge in [-0.2, -0.15) is 0 Å². The number of hydrogen-bond acceptors (Lipinski definition) is 7. The van der Waals surface area contributed by atoms with Crippen LogP contribution in [0.1, 0.15) is 245 Å². The van der Waals surface area contributed by atoms with E-state index < -0.39 is 0 Å². The molecule has 2 aliphatic carbocycles. The number of ether oxygens (including phenoxy) is 3. The van der Waals surface area contributed by atoms with Crippen LogP contribution in [0.3, 0.4) is 0 Å². The Morgan fingerprint density at radius 3 is 1.17 bits per heavy atom. The smallest absolute Gasteiger partial charge is 0.306 e. The van der Waals surface area contributed by atoms with Gasteiger partial charge in [-0.1, -0.05) is 155 Å². The van der Waals surface area contributed by atoms with E-state index in [1.165, 1.54) is 141 Å². The summed E-state index contributed by atoms with van der Waals surface area (Å²) in [4.78, 5) is 39.2. The number of esters is 3. The molecule has 0 aromatic carbocycles. The lowest BCUT2D eigenvalue weighted by atomic mass is 9.78. The fourth-order valence-corrected chi connectivity index (χ4v) is 9.79. The van der Waals surface area contributed by atoms with Gasteiger partial charge in [-0.3, -0.25) is 14.4 Å². The van der Waals surface area contributed by atoms with E-state index in [-0.39, 0.29) is 24.0 Å². The Bertz CT molecular complexity index is 921. The molecule has 0 aromatic rings. The molecule has 2 fully saturated rings. The first-order chi connectivity index (χ1) is 28.3. The summed E-state index contributed by atoms with van der Waals surface area (Å²) in [5.41, 5.74) is 0. The van der Waals surface area contributed by atoms with Crippen LogP contribution in [-0.2, 0) is 28.6 Å². The average molecular weight is 818 g/mol. The van der Waals surface area contributed by atoms with Crippen molar-refractivity contribution in [3.05, 3.63) is 0 Å². The molecular weight excluding hydrogens is 723 g/mol. The van der Waals surface area contributed by atoms with Gasteiger partial charge in [0, 0.05) is 19.3 Å². The highest BCUT2D eigenvalue weighted by Gasteiger charge is 2.21. The molecule has 0 aromatic heterocycles. The molecular formula is C51H95NO6. The van der Waals surface area contributed by atoms with E-state index in [2.05, 4.69) is 18.7 Å². The van der Waals surface area contributed by atoms with E-state index in [9.17, 15) is 14.4 Å². The second-order valence-electron chi connectivity index (χ2n) is 19.1. The average Bonchev–Trinajstić information content (AvgIpc) is 3.21. The molecule has 340 valence electrons. The van der Waals surface area contributed by atoms with Gasteiger partial charge in [-0.05, 0) is 115 Å². The van der Waals surface area contributed by atoms with Crippen molar-refractivity contribution in [3.63, 3.8) is 0 Å². The number of nitrogens with zero attached hydrogens (tertiary/aromatic N) is 1. The maximum absolute atomic E-state index is 12.6. The van der Waals surface area contributed by atoms with Crippen molar-refractivity contribution < 1.29 is 28.6 Å². The molecule has 0 spiro atoms. The molecule has 0 unspecified atom stereocenters. The van der Waals surface area contributed by atoms with Gasteiger partial charge in [-0.15, -0.1) is 0 Å². The number of carbonyl (C=O) groups is 3. The molecule has 0 atom stereocenters.